The molecule has 2 N–H and O–H groups in total. The Kier molecular flexibility index (Phi) is 5.12. The summed E-state index contributed by atoms with van der Waals surface area (Å²) in [6.07, 6.45) is 0.674. The fourth-order valence-electron chi connectivity index (χ4n) is 1.42. The van der Waals surface area contributed by atoms with E-state index in [2.05, 4.69) is 0 Å². The average Bonchev–Trinajstić information content (AvgIpc) is 2.35. The first kappa shape index (κ1) is 13.7. The Bertz CT molecular complexity index is 349. The second-order valence-electron chi connectivity index (χ2n) is 4.05. The summed E-state index contributed by atoms with van der Waals surface area (Å²) in [4.78, 5) is 11.8. The molecule has 17 heavy (non-hydrogen) atoms. The molecule has 0 aliphatic heterocycles. The Labute approximate surface area is 102 Å². The van der Waals surface area contributed by atoms with Gasteiger partial charge in [0, 0.05) is 20.1 Å². The summed E-state index contributed by atoms with van der Waals surface area (Å²) < 4.78 is 9.99. The Morgan fingerprint density at radius 3 is 2.53 bits per heavy atom. The van der Waals surface area contributed by atoms with Crippen molar-refractivity contribution < 1.29 is 14.3 Å². The van der Waals surface area contributed by atoms with Crippen LogP contribution in [-0.4, -0.2) is 26.3 Å². The van der Waals surface area contributed by atoms with E-state index in [0.717, 1.165) is 5.56 Å². The van der Waals surface area contributed by atoms with Crippen molar-refractivity contribution in [2.75, 3.05) is 20.3 Å². The van der Waals surface area contributed by atoms with Crippen molar-refractivity contribution in [2.24, 2.45) is 5.73 Å². The summed E-state index contributed by atoms with van der Waals surface area (Å²) in [6.45, 7) is 2.55. The Hall–Kier alpha value is -1.39. The maximum absolute atomic E-state index is 11.8. The molecule has 1 rings (SSSR count). The van der Waals surface area contributed by atoms with E-state index in [-0.39, 0.29) is 0 Å². The van der Waals surface area contributed by atoms with Gasteiger partial charge in [0.15, 0.2) is 0 Å². The largest absolute Gasteiger partial charge is 0.464 e. The van der Waals surface area contributed by atoms with Crippen LogP contribution in [0.25, 0.3) is 0 Å². The molecule has 94 valence electrons. The highest BCUT2D eigenvalue weighted by atomic mass is 16.5. The predicted molar refractivity (Wildman–Crippen MR) is 65.4 cm³/mol. The smallest absolute Gasteiger partial charge is 0.330 e. The molecule has 4 heteroatoms. The number of hydrogen-bond acceptors (Lipinski definition) is 4. The van der Waals surface area contributed by atoms with Crippen LogP contribution in [0.4, 0.5) is 0 Å². The van der Waals surface area contributed by atoms with Gasteiger partial charge in [-0.05, 0) is 12.5 Å². The molecule has 1 atom stereocenters. The molecule has 0 saturated carbocycles. The number of hydrogen-bond donors (Lipinski definition) is 1. The van der Waals surface area contributed by atoms with Gasteiger partial charge in [0.2, 0.25) is 0 Å². The second kappa shape index (κ2) is 6.37. The number of benzene rings is 1. The minimum absolute atomic E-state index is 0.326. The quantitative estimate of drug-likeness (QED) is 0.600. The van der Waals surface area contributed by atoms with E-state index in [4.69, 9.17) is 15.2 Å². The highest BCUT2D eigenvalue weighted by Crippen LogP contribution is 2.18. The van der Waals surface area contributed by atoms with Gasteiger partial charge < -0.3 is 15.2 Å². The minimum Gasteiger partial charge on any atom is -0.464 e. The molecule has 0 spiro atoms. The van der Waals surface area contributed by atoms with Gasteiger partial charge in [-0.2, -0.15) is 0 Å². The fourth-order valence-corrected chi connectivity index (χ4v) is 1.42. The molecule has 1 aromatic rings. The zero-order valence-corrected chi connectivity index (χ0v) is 10.3. The molecule has 0 heterocycles. The van der Waals surface area contributed by atoms with E-state index in [0.29, 0.717) is 19.6 Å². The maximum atomic E-state index is 11.8. The summed E-state index contributed by atoms with van der Waals surface area (Å²) >= 11 is 0. The molecule has 0 aliphatic carbocycles. The van der Waals surface area contributed by atoms with Crippen LogP contribution in [0.15, 0.2) is 30.3 Å². The second-order valence-corrected chi connectivity index (χ2v) is 4.05. The highest BCUT2D eigenvalue weighted by Gasteiger charge is 2.31. The van der Waals surface area contributed by atoms with E-state index in [1.807, 2.05) is 30.3 Å². The first-order valence-corrected chi connectivity index (χ1v) is 5.59. The predicted octanol–water partition coefficient (Wildman–Crippen LogP) is 1.44. The normalized spacial score (nSPS) is 14.1. The lowest BCUT2D eigenvalue weighted by molar-refractivity contribution is -0.150. The van der Waals surface area contributed by atoms with Crippen molar-refractivity contribution in [1.82, 2.24) is 0 Å². The molecular formula is C13H19NO3. The number of ether oxygens (including phenoxy) is 2. The first-order chi connectivity index (χ1) is 8.09. The van der Waals surface area contributed by atoms with Crippen molar-refractivity contribution in [3.8, 4) is 0 Å². The van der Waals surface area contributed by atoms with Gasteiger partial charge in [-0.3, -0.25) is 0 Å². The monoisotopic (exact) mass is 237 g/mol. The Balaban J connectivity index is 2.55. The molecule has 0 fully saturated rings. The molecule has 0 amide bonds. The molecule has 0 bridgehead atoms. The topological polar surface area (TPSA) is 61.5 Å². The molecule has 1 aromatic carbocycles. The molecular weight excluding hydrogens is 218 g/mol. The molecule has 0 saturated heterocycles. The van der Waals surface area contributed by atoms with E-state index in [9.17, 15) is 4.79 Å². The van der Waals surface area contributed by atoms with Gasteiger partial charge in [0.05, 0.1) is 6.61 Å². The van der Waals surface area contributed by atoms with Crippen LogP contribution in [0.5, 0.6) is 0 Å². The van der Waals surface area contributed by atoms with Crippen LogP contribution >= 0.6 is 0 Å². The van der Waals surface area contributed by atoms with Crippen LogP contribution in [0.2, 0.25) is 0 Å². The summed E-state index contributed by atoms with van der Waals surface area (Å²) in [5.74, 6) is -0.417. The number of carbonyl (C=O) groups excluding carboxylic acids is 1. The van der Waals surface area contributed by atoms with E-state index in [1.165, 1.54) is 0 Å². The number of esters is 1. The van der Waals surface area contributed by atoms with Crippen LogP contribution in [0.1, 0.15) is 18.9 Å². The van der Waals surface area contributed by atoms with Crippen LogP contribution in [0, 0.1) is 0 Å². The number of carbonyl (C=O) groups is 1. The number of rotatable bonds is 6. The SMILES string of the molecule is COCCCOC(=O)C(C)(N)c1ccccc1. The third-order valence-corrected chi connectivity index (χ3v) is 2.52. The third kappa shape index (κ3) is 3.84. The molecule has 4 nitrogen and oxygen atoms in total. The molecule has 0 radical (unpaired) electrons. The van der Waals surface area contributed by atoms with Gasteiger partial charge >= 0.3 is 5.97 Å². The molecule has 0 aliphatic rings. The molecule has 1 unspecified atom stereocenters. The third-order valence-electron chi connectivity index (χ3n) is 2.52. The zero-order valence-electron chi connectivity index (χ0n) is 10.3. The first-order valence-electron chi connectivity index (χ1n) is 5.59. The fraction of sp³-hybridized carbons (Fsp3) is 0.462. The molecule has 0 aromatic heterocycles. The van der Waals surface area contributed by atoms with Crippen LogP contribution in [0.3, 0.4) is 0 Å². The van der Waals surface area contributed by atoms with Gasteiger partial charge in [0.1, 0.15) is 5.54 Å². The summed E-state index contributed by atoms with van der Waals surface area (Å²) in [7, 11) is 1.61. The lowest BCUT2D eigenvalue weighted by Crippen LogP contribution is -2.43. The zero-order chi connectivity index (χ0) is 12.7. The van der Waals surface area contributed by atoms with E-state index < -0.39 is 11.5 Å². The van der Waals surface area contributed by atoms with Crippen molar-refractivity contribution >= 4 is 5.97 Å². The van der Waals surface area contributed by atoms with Gasteiger partial charge in [-0.1, -0.05) is 30.3 Å². The summed E-state index contributed by atoms with van der Waals surface area (Å²) in [6, 6.07) is 9.20. The summed E-state index contributed by atoms with van der Waals surface area (Å²) in [5.41, 5.74) is 5.63. The van der Waals surface area contributed by atoms with Crippen molar-refractivity contribution in [3.05, 3.63) is 35.9 Å². The lowest BCUT2D eigenvalue weighted by Gasteiger charge is -2.22. The van der Waals surface area contributed by atoms with Crippen LogP contribution in [-0.2, 0) is 19.8 Å². The van der Waals surface area contributed by atoms with Crippen molar-refractivity contribution in [2.45, 2.75) is 18.9 Å². The van der Waals surface area contributed by atoms with Gasteiger partial charge in [-0.25, -0.2) is 4.79 Å². The maximum Gasteiger partial charge on any atom is 0.330 e. The highest BCUT2D eigenvalue weighted by molar-refractivity contribution is 5.81. The standard InChI is InChI=1S/C13H19NO3/c1-13(14,11-7-4-3-5-8-11)12(15)17-10-6-9-16-2/h3-5,7-8H,6,9-10,14H2,1-2H3. The number of nitrogens with two attached hydrogens (primary N) is 1. The van der Waals surface area contributed by atoms with Gasteiger partial charge in [-0.15, -0.1) is 0 Å². The minimum atomic E-state index is -1.10. The number of methoxy groups -OCH3 is 1. The van der Waals surface area contributed by atoms with E-state index >= 15 is 0 Å². The van der Waals surface area contributed by atoms with Crippen molar-refractivity contribution in [1.29, 1.82) is 0 Å². The average molecular weight is 237 g/mol. The van der Waals surface area contributed by atoms with Crippen molar-refractivity contribution in [3.63, 3.8) is 0 Å². The lowest BCUT2D eigenvalue weighted by atomic mass is 9.93. The van der Waals surface area contributed by atoms with E-state index in [1.54, 1.807) is 14.0 Å². The summed E-state index contributed by atoms with van der Waals surface area (Å²) in [5, 5.41) is 0. The Morgan fingerprint density at radius 1 is 1.29 bits per heavy atom. The Morgan fingerprint density at radius 2 is 1.94 bits per heavy atom. The van der Waals surface area contributed by atoms with Crippen LogP contribution < -0.4 is 5.73 Å². The van der Waals surface area contributed by atoms with Gasteiger partial charge in [0.25, 0.3) is 0 Å².